The molecule has 3 aromatic heterocycles. The first kappa shape index (κ1) is 32.6. The number of primary amides is 1. The molecule has 10 heteroatoms. The van der Waals surface area contributed by atoms with E-state index >= 15 is 0 Å². The normalized spacial score (nSPS) is 12.7. The summed E-state index contributed by atoms with van der Waals surface area (Å²) in [6.45, 7) is 2.66. The average Bonchev–Trinajstić information content (AvgIpc) is 3.42. The lowest BCUT2D eigenvalue weighted by molar-refractivity contribution is -0.111. The van der Waals surface area contributed by atoms with Crippen LogP contribution in [0.2, 0.25) is 0 Å². The van der Waals surface area contributed by atoms with Gasteiger partial charge in [-0.25, -0.2) is 9.50 Å². The smallest absolute Gasteiger partial charge is 0.264 e. The van der Waals surface area contributed by atoms with Crippen molar-refractivity contribution in [2.24, 2.45) is 11.7 Å². The molecule has 10 nitrogen and oxygen atoms in total. The summed E-state index contributed by atoms with van der Waals surface area (Å²) in [6, 6.07) is 19.4. The third-order valence-electron chi connectivity index (χ3n) is 7.50. The lowest BCUT2D eigenvalue weighted by atomic mass is 9.91. The standard InChI is InChI=1S/C21H20N2O.C7H7N5O.C7H12O/c1-3-18-15-17-10-7-9-16(11-8-14-22-2)20(17)21(24)23(18)19-12-5-4-6-13-19;8-5-4(6(9)13)7-10-2-1-3-12(7)11-5;8-6-7-4-2-1-3-5-7/h4-7,9-10,12-13,15,22H,3,14H2,1-2H3;1-3H,(H2,8,11)(H2,9,13);6-7H,1-5H2. The third kappa shape index (κ3) is 8.02. The largest absolute Gasteiger partial charge is 0.381 e. The number of amides is 1. The molecule has 1 fully saturated rings. The zero-order chi connectivity index (χ0) is 32.2. The van der Waals surface area contributed by atoms with E-state index in [4.69, 9.17) is 11.5 Å². The number of nitrogen functional groups attached to an aromatic ring is 1. The summed E-state index contributed by atoms with van der Waals surface area (Å²) >= 11 is 0. The SMILES string of the molecule is CCc1cc2cccc(C#CCNC)c2c(=O)n1-c1ccccc1.NC(=O)c1c(N)nn2cccnc12.O=CC1CCCCC1. The van der Waals surface area contributed by atoms with E-state index < -0.39 is 5.91 Å². The average molecular weight is 606 g/mol. The Hall–Kier alpha value is -5.27. The van der Waals surface area contributed by atoms with E-state index in [2.05, 4.69) is 40.2 Å². The molecule has 0 radical (unpaired) electrons. The summed E-state index contributed by atoms with van der Waals surface area (Å²) < 4.78 is 3.21. The summed E-state index contributed by atoms with van der Waals surface area (Å²) in [5.74, 6) is 6.06. The Morgan fingerprint density at radius 2 is 1.84 bits per heavy atom. The highest BCUT2D eigenvalue weighted by Crippen LogP contribution is 2.21. The highest BCUT2D eigenvalue weighted by atomic mass is 16.1. The van der Waals surface area contributed by atoms with Crippen LogP contribution >= 0.6 is 0 Å². The van der Waals surface area contributed by atoms with Crippen LogP contribution in [-0.4, -0.2) is 45.0 Å². The summed E-state index contributed by atoms with van der Waals surface area (Å²) in [4.78, 5) is 38.3. The van der Waals surface area contributed by atoms with Crippen LogP contribution in [0.1, 0.15) is 60.6 Å². The van der Waals surface area contributed by atoms with Crippen molar-refractivity contribution < 1.29 is 9.59 Å². The van der Waals surface area contributed by atoms with Crippen molar-refractivity contribution in [2.45, 2.75) is 45.4 Å². The maximum Gasteiger partial charge on any atom is 0.264 e. The van der Waals surface area contributed by atoms with Crippen molar-refractivity contribution in [3.8, 4) is 17.5 Å². The van der Waals surface area contributed by atoms with Gasteiger partial charge in [0.25, 0.3) is 11.5 Å². The second-order valence-electron chi connectivity index (χ2n) is 10.6. The zero-order valence-electron chi connectivity index (χ0n) is 25.7. The predicted octanol–water partition coefficient (Wildman–Crippen LogP) is 4.30. The van der Waals surface area contributed by atoms with E-state index in [1.165, 1.54) is 23.8 Å². The van der Waals surface area contributed by atoms with Crippen molar-refractivity contribution >= 4 is 34.4 Å². The Morgan fingerprint density at radius 3 is 2.49 bits per heavy atom. The topological polar surface area (TPSA) is 150 Å². The van der Waals surface area contributed by atoms with Gasteiger partial charge in [-0.3, -0.25) is 14.2 Å². The number of nitrogens with two attached hydrogens (primary N) is 2. The van der Waals surface area contributed by atoms with Gasteiger partial charge in [0, 0.05) is 35.3 Å². The fourth-order valence-electron chi connectivity index (χ4n) is 5.28. The molecule has 6 rings (SSSR count). The van der Waals surface area contributed by atoms with Crippen molar-refractivity contribution in [2.75, 3.05) is 19.3 Å². The van der Waals surface area contributed by atoms with Gasteiger partial charge in [0.15, 0.2) is 11.5 Å². The number of nitrogens with zero attached hydrogens (tertiary/aromatic N) is 4. The van der Waals surface area contributed by atoms with Crippen LogP contribution in [0.5, 0.6) is 0 Å². The second-order valence-corrected chi connectivity index (χ2v) is 10.6. The first-order valence-electron chi connectivity index (χ1n) is 15.1. The number of rotatable bonds is 5. The number of hydrogen-bond donors (Lipinski definition) is 3. The van der Waals surface area contributed by atoms with E-state index in [9.17, 15) is 14.4 Å². The number of carbonyl (C=O) groups excluding carboxylic acids is 2. The third-order valence-corrected chi connectivity index (χ3v) is 7.50. The van der Waals surface area contributed by atoms with Gasteiger partial charge in [-0.1, -0.05) is 68.4 Å². The Kier molecular flexibility index (Phi) is 11.6. The molecule has 3 heterocycles. The van der Waals surface area contributed by atoms with Gasteiger partial charge in [0.1, 0.15) is 11.8 Å². The van der Waals surface area contributed by atoms with E-state index in [0.29, 0.717) is 23.5 Å². The minimum atomic E-state index is -0.619. The lowest BCUT2D eigenvalue weighted by Gasteiger charge is -2.14. The molecule has 45 heavy (non-hydrogen) atoms. The number of fused-ring (bicyclic) bond motifs is 2. The van der Waals surface area contributed by atoms with Gasteiger partial charge < -0.3 is 21.6 Å². The molecule has 1 aliphatic carbocycles. The number of aldehydes is 1. The molecule has 0 bridgehead atoms. The van der Waals surface area contributed by atoms with Crippen LogP contribution in [0.15, 0.2) is 77.9 Å². The van der Waals surface area contributed by atoms with Crippen LogP contribution in [0, 0.1) is 17.8 Å². The van der Waals surface area contributed by atoms with E-state index in [-0.39, 0.29) is 16.9 Å². The van der Waals surface area contributed by atoms with Crippen molar-refractivity contribution in [1.82, 2.24) is 24.5 Å². The number of aromatic nitrogens is 4. The van der Waals surface area contributed by atoms with Crippen molar-refractivity contribution in [3.05, 3.63) is 100 Å². The first-order chi connectivity index (χ1) is 21.9. The zero-order valence-corrected chi connectivity index (χ0v) is 25.7. The molecular weight excluding hydrogens is 566 g/mol. The number of carbonyl (C=O) groups is 2. The van der Waals surface area contributed by atoms with Crippen molar-refractivity contribution in [1.29, 1.82) is 0 Å². The van der Waals surface area contributed by atoms with Crippen LogP contribution in [0.4, 0.5) is 5.82 Å². The summed E-state index contributed by atoms with van der Waals surface area (Å²) in [5, 5.41) is 8.49. The quantitative estimate of drug-likeness (QED) is 0.200. The number of pyridine rings is 1. The minimum Gasteiger partial charge on any atom is -0.381 e. The highest BCUT2D eigenvalue weighted by molar-refractivity contribution is 6.03. The van der Waals surface area contributed by atoms with Crippen LogP contribution in [0.25, 0.3) is 22.1 Å². The van der Waals surface area contributed by atoms with Gasteiger partial charge in [-0.15, -0.1) is 5.10 Å². The highest BCUT2D eigenvalue weighted by Gasteiger charge is 2.15. The van der Waals surface area contributed by atoms with Gasteiger partial charge in [0.05, 0.1) is 11.9 Å². The lowest BCUT2D eigenvalue weighted by Crippen LogP contribution is -2.22. The monoisotopic (exact) mass is 605 g/mol. The number of anilines is 1. The number of aryl methyl sites for hydroxylation is 1. The summed E-state index contributed by atoms with van der Waals surface area (Å²) in [7, 11) is 1.85. The molecular formula is C35H39N7O3. The van der Waals surface area contributed by atoms with E-state index in [1.807, 2.05) is 55.6 Å². The Labute approximate surface area is 262 Å². The Balaban J connectivity index is 0.000000182. The molecule has 232 valence electrons. The maximum absolute atomic E-state index is 13.2. The Bertz CT molecular complexity index is 1880. The summed E-state index contributed by atoms with van der Waals surface area (Å²) in [5.41, 5.74) is 13.8. The molecule has 1 saturated carbocycles. The van der Waals surface area contributed by atoms with Crippen LogP contribution < -0.4 is 22.3 Å². The molecule has 1 amide bonds. The maximum atomic E-state index is 13.2. The number of nitrogens with one attached hydrogen (secondary N) is 1. The van der Waals surface area contributed by atoms with E-state index in [0.717, 1.165) is 47.9 Å². The molecule has 2 aromatic carbocycles. The molecule has 0 atom stereocenters. The van der Waals surface area contributed by atoms with Gasteiger partial charge in [-0.05, 0) is 62.0 Å². The van der Waals surface area contributed by atoms with E-state index in [1.54, 1.807) is 23.0 Å². The molecule has 0 saturated heterocycles. The molecule has 0 aliphatic heterocycles. The number of benzene rings is 2. The summed E-state index contributed by atoms with van der Waals surface area (Å²) in [6.07, 6.45) is 11.2. The number of hydrogen-bond acceptors (Lipinski definition) is 7. The Morgan fingerprint density at radius 1 is 1.09 bits per heavy atom. The molecule has 1 aliphatic rings. The molecule has 0 unspecified atom stereocenters. The second kappa shape index (κ2) is 16.0. The van der Waals surface area contributed by atoms with Crippen LogP contribution in [0.3, 0.4) is 0 Å². The first-order valence-corrected chi connectivity index (χ1v) is 15.1. The van der Waals surface area contributed by atoms with Gasteiger partial charge >= 0.3 is 0 Å². The van der Waals surface area contributed by atoms with Crippen molar-refractivity contribution in [3.63, 3.8) is 0 Å². The van der Waals surface area contributed by atoms with Gasteiger partial charge in [-0.2, -0.15) is 0 Å². The molecule has 5 aromatic rings. The minimum absolute atomic E-state index is 0.00934. The predicted molar refractivity (Wildman–Crippen MR) is 178 cm³/mol. The van der Waals surface area contributed by atoms with Crippen LogP contribution in [-0.2, 0) is 11.2 Å². The molecule has 0 spiro atoms. The molecule has 5 N–H and O–H groups in total. The fraction of sp³-hybridized carbons (Fsp3) is 0.286. The fourth-order valence-corrected chi connectivity index (χ4v) is 5.28. The number of para-hydroxylation sites is 1. The van der Waals surface area contributed by atoms with Gasteiger partial charge in [0.2, 0.25) is 0 Å².